The summed E-state index contributed by atoms with van der Waals surface area (Å²) >= 11 is 1.33. The van der Waals surface area contributed by atoms with Crippen molar-refractivity contribution in [1.82, 2.24) is 10.3 Å². The molecule has 2 unspecified atom stereocenters. The molecule has 2 heterocycles. The first kappa shape index (κ1) is 22.6. The Morgan fingerprint density at radius 1 is 1.18 bits per heavy atom. The second kappa shape index (κ2) is 9.91. The number of amides is 2. The van der Waals surface area contributed by atoms with Crippen LogP contribution in [0.1, 0.15) is 31.9 Å². The molecular weight excluding hydrogens is 442 g/mol. The summed E-state index contributed by atoms with van der Waals surface area (Å²) in [5, 5.41) is 8.14. The summed E-state index contributed by atoms with van der Waals surface area (Å²) < 4.78 is 16.6. The van der Waals surface area contributed by atoms with Crippen molar-refractivity contribution in [3.8, 4) is 28.5 Å². The number of nitrogens with zero attached hydrogens (tertiary/aromatic N) is 1. The third-order valence-electron chi connectivity index (χ3n) is 5.20. The van der Waals surface area contributed by atoms with Gasteiger partial charge in [-0.3, -0.25) is 14.9 Å². The molecule has 4 rings (SSSR count). The first-order valence-electron chi connectivity index (χ1n) is 10.5. The Morgan fingerprint density at radius 3 is 2.67 bits per heavy atom. The molecular formula is C24H25N3O5S. The summed E-state index contributed by atoms with van der Waals surface area (Å²) in [5.41, 5.74) is 2.54. The van der Waals surface area contributed by atoms with Crippen LogP contribution >= 0.6 is 11.3 Å². The summed E-state index contributed by atoms with van der Waals surface area (Å²) in [6, 6.07) is 12.7. The average molecular weight is 468 g/mol. The first-order valence-corrected chi connectivity index (χ1v) is 11.4. The lowest BCUT2D eigenvalue weighted by Crippen LogP contribution is -2.30. The minimum atomic E-state index is -0.704. The highest BCUT2D eigenvalue weighted by atomic mass is 32.1. The third kappa shape index (κ3) is 5.43. The molecule has 172 valence electrons. The van der Waals surface area contributed by atoms with Crippen LogP contribution in [0.5, 0.6) is 17.2 Å². The highest BCUT2D eigenvalue weighted by Gasteiger charge is 2.23. The zero-order chi connectivity index (χ0) is 23.4. The van der Waals surface area contributed by atoms with E-state index >= 15 is 0 Å². The van der Waals surface area contributed by atoms with Gasteiger partial charge in [0.15, 0.2) is 11.2 Å². The molecule has 3 aromatic rings. The second-order valence-electron chi connectivity index (χ2n) is 7.61. The molecule has 1 aliphatic heterocycles. The molecule has 2 atom stereocenters. The largest absolute Gasteiger partial charge is 0.497 e. The number of carbonyl (C=O) groups excluding carboxylic acids is 2. The van der Waals surface area contributed by atoms with Crippen molar-refractivity contribution < 1.29 is 23.8 Å². The number of hydrogen-bond acceptors (Lipinski definition) is 7. The van der Waals surface area contributed by atoms with Crippen LogP contribution in [-0.4, -0.2) is 36.6 Å². The van der Waals surface area contributed by atoms with E-state index in [-0.39, 0.29) is 17.9 Å². The fourth-order valence-electron chi connectivity index (χ4n) is 3.53. The molecule has 1 aromatic heterocycles. The zero-order valence-electron chi connectivity index (χ0n) is 18.6. The van der Waals surface area contributed by atoms with Gasteiger partial charge in [0.25, 0.3) is 5.91 Å². The quantitative estimate of drug-likeness (QED) is 0.541. The Bertz CT molecular complexity index is 1150. The van der Waals surface area contributed by atoms with E-state index in [2.05, 4.69) is 15.6 Å². The van der Waals surface area contributed by atoms with Crippen molar-refractivity contribution in [2.45, 2.75) is 32.4 Å². The lowest BCUT2D eigenvalue weighted by atomic mass is 9.97. The number of ether oxygens (including phenoxy) is 3. The van der Waals surface area contributed by atoms with Crippen LogP contribution in [0.2, 0.25) is 0 Å². The molecule has 2 amide bonds. The first-order chi connectivity index (χ1) is 15.9. The Balaban J connectivity index is 1.43. The molecule has 1 aliphatic rings. The molecule has 0 fully saturated rings. The number of thiazole rings is 1. The number of aromatic nitrogens is 1. The fraction of sp³-hybridized carbons (Fsp3) is 0.292. The Hall–Kier alpha value is -3.59. The maximum atomic E-state index is 12.6. The van der Waals surface area contributed by atoms with Gasteiger partial charge in [-0.15, -0.1) is 11.3 Å². The SMILES string of the molecule is COc1ccc(OC(C)C(=O)Nc2nc(-c3ccc4c(c3)C(NC(C)=O)CCO4)cs2)cc1. The molecule has 0 bridgehead atoms. The standard InChI is InChI=1S/C24H25N3O5S/c1-14(32-18-7-5-17(30-3)6-8-18)23(29)27-24-26-21(13-33-24)16-4-9-22-19(12-16)20(10-11-31-22)25-15(2)28/h4-9,12-14,20H,10-11H2,1-3H3,(H,25,28)(H,26,27,29). The minimum absolute atomic E-state index is 0.0807. The van der Waals surface area contributed by atoms with E-state index in [1.54, 1.807) is 38.3 Å². The number of carbonyl (C=O) groups is 2. The predicted molar refractivity (Wildman–Crippen MR) is 126 cm³/mol. The van der Waals surface area contributed by atoms with E-state index < -0.39 is 6.10 Å². The number of nitrogens with one attached hydrogen (secondary N) is 2. The number of benzene rings is 2. The molecule has 33 heavy (non-hydrogen) atoms. The summed E-state index contributed by atoms with van der Waals surface area (Å²) in [5.74, 6) is 1.67. The Labute approximate surface area is 195 Å². The average Bonchev–Trinajstić information content (AvgIpc) is 3.27. The molecule has 0 aliphatic carbocycles. The maximum absolute atomic E-state index is 12.6. The monoisotopic (exact) mass is 467 g/mol. The van der Waals surface area contributed by atoms with E-state index in [0.717, 1.165) is 22.6 Å². The molecule has 8 nitrogen and oxygen atoms in total. The summed E-state index contributed by atoms with van der Waals surface area (Å²) in [7, 11) is 1.59. The molecule has 0 saturated carbocycles. The van der Waals surface area contributed by atoms with Gasteiger partial charge in [0.2, 0.25) is 5.91 Å². The van der Waals surface area contributed by atoms with Crippen molar-refractivity contribution in [2.75, 3.05) is 19.0 Å². The van der Waals surface area contributed by atoms with Gasteiger partial charge < -0.3 is 19.5 Å². The van der Waals surface area contributed by atoms with Gasteiger partial charge in [0, 0.05) is 29.9 Å². The third-order valence-corrected chi connectivity index (χ3v) is 5.96. The maximum Gasteiger partial charge on any atom is 0.266 e. The number of hydrogen-bond donors (Lipinski definition) is 2. The number of rotatable bonds is 7. The summed E-state index contributed by atoms with van der Waals surface area (Å²) in [4.78, 5) is 28.7. The topological polar surface area (TPSA) is 98.8 Å². The molecule has 9 heteroatoms. The normalized spacial score (nSPS) is 15.5. The van der Waals surface area contributed by atoms with Crippen molar-refractivity contribution in [1.29, 1.82) is 0 Å². The van der Waals surface area contributed by atoms with Crippen LogP contribution in [0.3, 0.4) is 0 Å². The van der Waals surface area contributed by atoms with E-state index in [1.165, 1.54) is 18.3 Å². The van der Waals surface area contributed by atoms with Crippen molar-refractivity contribution >= 4 is 28.3 Å². The van der Waals surface area contributed by atoms with Crippen LogP contribution in [0.4, 0.5) is 5.13 Å². The van der Waals surface area contributed by atoms with E-state index in [0.29, 0.717) is 29.7 Å². The highest BCUT2D eigenvalue weighted by molar-refractivity contribution is 7.14. The van der Waals surface area contributed by atoms with Crippen molar-refractivity contribution in [3.63, 3.8) is 0 Å². The highest BCUT2D eigenvalue weighted by Crippen LogP contribution is 2.36. The zero-order valence-corrected chi connectivity index (χ0v) is 19.4. The van der Waals surface area contributed by atoms with Gasteiger partial charge in [-0.2, -0.15) is 0 Å². The van der Waals surface area contributed by atoms with E-state index in [9.17, 15) is 9.59 Å². The van der Waals surface area contributed by atoms with Gasteiger partial charge in [-0.1, -0.05) is 0 Å². The number of anilines is 1. The van der Waals surface area contributed by atoms with Gasteiger partial charge in [0.05, 0.1) is 25.5 Å². The van der Waals surface area contributed by atoms with Crippen LogP contribution in [0, 0.1) is 0 Å². The van der Waals surface area contributed by atoms with E-state index in [4.69, 9.17) is 14.2 Å². The Morgan fingerprint density at radius 2 is 1.94 bits per heavy atom. The van der Waals surface area contributed by atoms with Crippen LogP contribution in [0.25, 0.3) is 11.3 Å². The predicted octanol–water partition coefficient (Wildman–Crippen LogP) is 4.18. The molecule has 0 radical (unpaired) electrons. The van der Waals surface area contributed by atoms with Gasteiger partial charge in [-0.05, 0) is 49.4 Å². The minimum Gasteiger partial charge on any atom is -0.497 e. The molecule has 0 spiro atoms. The molecule has 2 aromatic carbocycles. The summed E-state index contributed by atoms with van der Waals surface area (Å²) in [6.45, 7) is 3.74. The molecule has 0 saturated heterocycles. The lowest BCUT2D eigenvalue weighted by molar-refractivity contribution is -0.122. The van der Waals surface area contributed by atoms with Gasteiger partial charge in [0.1, 0.15) is 17.2 Å². The Kier molecular flexibility index (Phi) is 6.79. The molecule has 2 N–H and O–H groups in total. The fourth-order valence-corrected chi connectivity index (χ4v) is 4.25. The van der Waals surface area contributed by atoms with Gasteiger partial charge >= 0.3 is 0 Å². The van der Waals surface area contributed by atoms with Crippen LogP contribution in [-0.2, 0) is 9.59 Å². The van der Waals surface area contributed by atoms with Gasteiger partial charge in [-0.25, -0.2) is 4.98 Å². The lowest BCUT2D eigenvalue weighted by Gasteiger charge is -2.26. The number of fused-ring (bicyclic) bond motifs is 1. The van der Waals surface area contributed by atoms with E-state index in [1.807, 2.05) is 23.6 Å². The van der Waals surface area contributed by atoms with Crippen LogP contribution in [0.15, 0.2) is 47.8 Å². The number of methoxy groups -OCH3 is 1. The van der Waals surface area contributed by atoms with Crippen LogP contribution < -0.4 is 24.8 Å². The smallest absolute Gasteiger partial charge is 0.266 e. The second-order valence-corrected chi connectivity index (χ2v) is 8.46. The van der Waals surface area contributed by atoms with Crippen molar-refractivity contribution in [3.05, 3.63) is 53.4 Å². The summed E-state index contributed by atoms with van der Waals surface area (Å²) in [6.07, 6.45) is 0.00516. The van der Waals surface area contributed by atoms with Crippen molar-refractivity contribution in [2.24, 2.45) is 0 Å².